The second-order valence-electron chi connectivity index (χ2n) is 7.56. The Balaban J connectivity index is 1.73. The molecule has 0 saturated heterocycles. The van der Waals surface area contributed by atoms with Gasteiger partial charge in [-0.1, -0.05) is 36.8 Å². The van der Waals surface area contributed by atoms with Gasteiger partial charge >= 0.3 is 0 Å². The van der Waals surface area contributed by atoms with Gasteiger partial charge in [-0.3, -0.25) is 9.78 Å². The van der Waals surface area contributed by atoms with Crippen LogP contribution in [0.5, 0.6) is 0 Å². The number of benzene rings is 2. The van der Waals surface area contributed by atoms with E-state index in [4.69, 9.17) is 5.73 Å². The largest absolute Gasteiger partial charge is 0.382 e. The molecule has 1 atom stereocenters. The first kappa shape index (κ1) is 21.1. The van der Waals surface area contributed by atoms with Gasteiger partial charge in [-0.25, -0.2) is 4.98 Å². The number of rotatable bonds is 6. The van der Waals surface area contributed by atoms with Crippen molar-refractivity contribution in [2.45, 2.75) is 33.2 Å². The summed E-state index contributed by atoms with van der Waals surface area (Å²) in [6.07, 6.45) is 3.71. The van der Waals surface area contributed by atoms with Gasteiger partial charge in [-0.15, -0.1) is 5.10 Å². The Hall–Kier alpha value is -4.14. The number of nitrogen functional groups attached to an aromatic ring is 1. The van der Waals surface area contributed by atoms with Crippen LogP contribution < -0.4 is 11.1 Å². The van der Waals surface area contributed by atoms with E-state index >= 15 is 0 Å². The summed E-state index contributed by atoms with van der Waals surface area (Å²) in [4.78, 5) is 21.5. The second kappa shape index (κ2) is 8.93. The fourth-order valence-corrected chi connectivity index (χ4v) is 3.36. The molecule has 4 rings (SSSR count). The third kappa shape index (κ3) is 4.46. The molecule has 32 heavy (non-hydrogen) atoms. The molecule has 0 radical (unpaired) electrons. The number of amides is 1. The summed E-state index contributed by atoms with van der Waals surface area (Å²) in [5.74, 6) is 0.766. The van der Waals surface area contributed by atoms with Crippen LogP contribution in [0.15, 0.2) is 54.9 Å². The van der Waals surface area contributed by atoms with Crippen LogP contribution in [0.25, 0.3) is 16.8 Å². The highest BCUT2D eigenvalue weighted by molar-refractivity contribution is 5.96. The van der Waals surface area contributed by atoms with E-state index in [0.717, 1.165) is 16.7 Å². The molecule has 4 aromatic rings. The fourth-order valence-electron chi connectivity index (χ4n) is 3.36. The highest BCUT2D eigenvalue weighted by Crippen LogP contribution is 2.25. The van der Waals surface area contributed by atoms with E-state index in [1.165, 1.54) is 6.20 Å². The normalized spacial score (nSPS) is 11.8. The summed E-state index contributed by atoms with van der Waals surface area (Å²) in [6, 6.07) is 13.4. The van der Waals surface area contributed by atoms with Gasteiger partial charge in [-0.2, -0.15) is 4.68 Å². The van der Waals surface area contributed by atoms with Crippen LogP contribution in [0.3, 0.4) is 0 Å². The maximum Gasteiger partial charge on any atom is 0.251 e. The highest BCUT2D eigenvalue weighted by Gasteiger charge is 2.17. The lowest BCUT2D eigenvalue weighted by Gasteiger charge is -2.15. The van der Waals surface area contributed by atoms with E-state index < -0.39 is 0 Å². The van der Waals surface area contributed by atoms with Crippen LogP contribution in [-0.4, -0.2) is 36.1 Å². The Labute approximate surface area is 185 Å². The van der Waals surface area contributed by atoms with Gasteiger partial charge in [-0.05, 0) is 53.6 Å². The number of nitrogens with zero attached hydrogens (tertiary/aromatic N) is 6. The number of tetrazole rings is 1. The molecule has 3 N–H and O–H groups in total. The third-order valence-electron chi connectivity index (χ3n) is 5.12. The monoisotopic (exact) mass is 428 g/mol. The van der Waals surface area contributed by atoms with E-state index in [9.17, 15) is 4.79 Å². The lowest BCUT2D eigenvalue weighted by Crippen LogP contribution is -2.27. The van der Waals surface area contributed by atoms with Crippen LogP contribution in [0, 0.1) is 6.92 Å². The summed E-state index contributed by atoms with van der Waals surface area (Å²) < 4.78 is 1.65. The predicted molar refractivity (Wildman–Crippen MR) is 121 cm³/mol. The lowest BCUT2D eigenvalue weighted by molar-refractivity contribution is 0.0939. The smallest absolute Gasteiger partial charge is 0.251 e. The van der Waals surface area contributed by atoms with Gasteiger partial charge in [0.1, 0.15) is 5.82 Å². The molecule has 0 aliphatic heterocycles. The zero-order chi connectivity index (χ0) is 22.7. The molecule has 1 unspecified atom stereocenters. The van der Waals surface area contributed by atoms with Crippen molar-refractivity contribution >= 4 is 11.7 Å². The molecule has 0 aliphatic carbocycles. The molecule has 0 saturated carbocycles. The summed E-state index contributed by atoms with van der Waals surface area (Å²) >= 11 is 0. The number of carbonyl (C=O) groups excluding carboxylic acids is 1. The van der Waals surface area contributed by atoms with Gasteiger partial charge in [0.05, 0.1) is 29.8 Å². The molecular formula is C23H24N8O. The first-order valence-electron chi connectivity index (χ1n) is 10.3. The Kier molecular flexibility index (Phi) is 5.89. The molecule has 2 heterocycles. The number of nitrogens with two attached hydrogens (primary N) is 1. The predicted octanol–water partition coefficient (Wildman–Crippen LogP) is 3.06. The van der Waals surface area contributed by atoms with E-state index in [1.54, 1.807) is 16.9 Å². The van der Waals surface area contributed by atoms with Crippen molar-refractivity contribution in [3.63, 3.8) is 0 Å². The molecular weight excluding hydrogens is 404 g/mol. The van der Waals surface area contributed by atoms with E-state index in [-0.39, 0.29) is 11.9 Å². The van der Waals surface area contributed by atoms with E-state index in [0.29, 0.717) is 35.0 Å². The van der Waals surface area contributed by atoms with E-state index in [1.807, 2.05) is 57.2 Å². The molecule has 0 aliphatic rings. The molecule has 9 heteroatoms. The number of carbonyl (C=O) groups is 1. The van der Waals surface area contributed by atoms with Gasteiger partial charge in [0.25, 0.3) is 5.91 Å². The second-order valence-corrected chi connectivity index (χ2v) is 7.56. The summed E-state index contributed by atoms with van der Waals surface area (Å²) in [5, 5.41) is 14.9. The maximum absolute atomic E-state index is 13.2. The van der Waals surface area contributed by atoms with Gasteiger partial charge in [0.2, 0.25) is 0 Å². The number of nitrogens with one attached hydrogen (secondary N) is 1. The van der Waals surface area contributed by atoms with Crippen LogP contribution in [0.2, 0.25) is 0 Å². The average Bonchev–Trinajstić information content (AvgIpc) is 3.28. The van der Waals surface area contributed by atoms with Crippen molar-refractivity contribution in [1.82, 2.24) is 35.5 Å². The van der Waals surface area contributed by atoms with Crippen LogP contribution in [0.4, 0.5) is 5.82 Å². The van der Waals surface area contributed by atoms with Crippen LogP contribution >= 0.6 is 0 Å². The first-order valence-corrected chi connectivity index (χ1v) is 10.3. The summed E-state index contributed by atoms with van der Waals surface area (Å²) in [6.45, 7) is 5.85. The standard InChI is InChI=1S/C23H24N8O/c1-4-22-28-29-30-31(22)19-10-17(16-7-5-14(2)6-8-16)9-18(11-19)23(32)26-15(3)20-12-25-13-21(24)27-20/h5-13,15H,4H2,1-3H3,(H2,24,27)(H,26,32). The molecule has 0 fully saturated rings. The molecule has 2 aromatic heterocycles. The SMILES string of the molecule is CCc1nnnn1-c1cc(C(=O)NC(C)c2cncc(N)n2)cc(-c2ccc(C)cc2)c1. The minimum absolute atomic E-state index is 0.247. The number of hydrogen-bond donors (Lipinski definition) is 2. The van der Waals surface area contributed by atoms with Crippen molar-refractivity contribution in [3.05, 3.63) is 77.5 Å². The van der Waals surface area contributed by atoms with Crippen molar-refractivity contribution in [2.24, 2.45) is 0 Å². The molecule has 0 bridgehead atoms. The fraction of sp³-hybridized carbons (Fsp3) is 0.217. The van der Waals surface area contributed by atoms with Gasteiger partial charge in [0.15, 0.2) is 5.82 Å². The molecule has 1 amide bonds. The van der Waals surface area contributed by atoms with E-state index in [2.05, 4.69) is 30.8 Å². The Bertz CT molecular complexity index is 1250. The van der Waals surface area contributed by atoms with Gasteiger partial charge in [0, 0.05) is 12.0 Å². The van der Waals surface area contributed by atoms with Crippen molar-refractivity contribution < 1.29 is 4.79 Å². The highest BCUT2D eigenvalue weighted by atomic mass is 16.1. The average molecular weight is 429 g/mol. The number of aromatic nitrogens is 6. The maximum atomic E-state index is 13.2. The van der Waals surface area contributed by atoms with Crippen molar-refractivity contribution in [1.29, 1.82) is 0 Å². The Morgan fingerprint density at radius 3 is 2.62 bits per heavy atom. The van der Waals surface area contributed by atoms with Crippen molar-refractivity contribution in [2.75, 3.05) is 5.73 Å². The van der Waals surface area contributed by atoms with Gasteiger partial charge < -0.3 is 11.1 Å². The first-order chi connectivity index (χ1) is 15.4. The number of anilines is 1. The van der Waals surface area contributed by atoms with Crippen molar-refractivity contribution in [3.8, 4) is 16.8 Å². The zero-order valence-electron chi connectivity index (χ0n) is 18.1. The quantitative estimate of drug-likeness (QED) is 0.483. The Morgan fingerprint density at radius 2 is 1.91 bits per heavy atom. The molecule has 2 aromatic carbocycles. The molecule has 162 valence electrons. The third-order valence-corrected chi connectivity index (χ3v) is 5.12. The Morgan fingerprint density at radius 1 is 1.12 bits per heavy atom. The van der Waals surface area contributed by atoms with Crippen LogP contribution in [0.1, 0.15) is 47.3 Å². The summed E-state index contributed by atoms with van der Waals surface area (Å²) in [7, 11) is 0. The number of hydrogen-bond acceptors (Lipinski definition) is 7. The minimum atomic E-state index is -0.371. The number of aryl methyl sites for hydroxylation is 2. The van der Waals surface area contributed by atoms with Crippen LogP contribution in [-0.2, 0) is 6.42 Å². The minimum Gasteiger partial charge on any atom is -0.382 e. The summed E-state index contributed by atoms with van der Waals surface area (Å²) in [5.41, 5.74) is 10.6. The zero-order valence-corrected chi connectivity index (χ0v) is 18.1. The molecule has 9 nitrogen and oxygen atoms in total. The topological polar surface area (TPSA) is 124 Å². The molecule has 0 spiro atoms. The lowest BCUT2D eigenvalue weighted by atomic mass is 10.0.